The third kappa shape index (κ3) is 2.53. The highest BCUT2D eigenvalue weighted by Crippen LogP contribution is 2.36. The third-order valence-electron chi connectivity index (χ3n) is 4.23. The van der Waals surface area contributed by atoms with Gasteiger partial charge in [-0.1, -0.05) is 36.5 Å². The van der Waals surface area contributed by atoms with Gasteiger partial charge in [-0.2, -0.15) is 10.5 Å². The molecule has 0 unspecified atom stereocenters. The van der Waals surface area contributed by atoms with Crippen LogP contribution in [0.25, 0.3) is 11.3 Å². The van der Waals surface area contributed by atoms with Crippen LogP contribution >= 0.6 is 24.8 Å². The molecule has 1 aliphatic heterocycles. The Morgan fingerprint density at radius 3 is 1.92 bits per heavy atom. The van der Waals surface area contributed by atoms with Crippen molar-refractivity contribution in [3.05, 3.63) is 76.3 Å². The van der Waals surface area contributed by atoms with Crippen LogP contribution in [0.2, 0.25) is 0 Å². The summed E-state index contributed by atoms with van der Waals surface area (Å²) in [6.45, 7) is 0. The summed E-state index contributed by atoms with van der Waals surface area (Å²) in [5.74, 6) is 0. The molecule has 1 aliphatic rings. The Balaban J connectivity index is 1.83. The van der Waals surface area contributed by atoms with Gasteiger partial charge in [-0.15, -0.1) is 12.6 Å². The van der Waals surface area contributed by atoms with Gasteiger partial charge in [-0.05, 0) is 29.8 Å². The molecule has 122 valence electrons. The fourth-order valence-corrected chi connectivity index (χ4v) is 3.61. The minimum absolute atomic E-state index is 0.496. The molecule has 0 radical (unpaired) electrons. The molecule has 0 saturated heterocycles. The van der Waals surface area contributed by atoms with Gasteiger partial charge in [-0.3, -0.25) is 0 Å². The number of nitrogens with zero attached hydrogens (tertiary/aromatic N) is 3. The number of hydrogen-bond acceptors (Lipinski definition) is 4. The normalized spacial score (nSPS) is 12.3. The van der Waals surface area contributed by atoms with Gasteiger partial charge in [0.05, 0.1) is 39.7 Å². The Morgan fingerprint density at radius 2 is 1.38 bits per heavy atom. The topological polar surface area (TPSA) is 75.7 Å². The van der Waals surface area contributed by atoms with Crippen molar-refractivity contribution in [3.63, 3.8) is 0 Å². The largest absolute Gasteiger partial charge is 0.349 e. The maximum absolute atomic E-state index is 8.97. The Bertz CT molecular complexity index is 1150. The highest BCUT2D eigenvalue weighted by Gasteiger charge is 2.29. The number of aromatic nitrogens is 1. The van der Waals surface area contributed by atoms with Crippen LogP contribution in [-0.2, 0) is 0 Å². The summed E-state index contributed by atoms with van der Waals surface area (Å²) in [7, 11) is 0. The lowest BCUT2D eigenvalue weighted by Crippen LogP contribution is -2.00. The molecule has 0 bridgehead atoms. The van der Waals surface area contributed by atoms with Crippen LogP contribution in [0, 0.1) is 22.7 Å². The summed E-state index contributed by atoms with van der Waals surface area (Å²) >= 11 is 10.1. The molecule has 1 aromatic heterocycles. The second kappa shape index (κ2) is 6.27. The van der Waals surface area contributed by atoms with Crippen LogP contribution in [0.5, 0.6) is 0 Å². The molecule has 0 aliphatic carbocycles. The standard InChI is InChI=1S/C20H10N4S2/c21-9-11-1-5-13(6-2-11)17-15-16(20(26)23-17)18(24-19(15)25)14-7-3-12(10-22)4-8-14/h1-8,23,26H. The average Bonchev–Trinajstić information content (AvgIpc) is 3.21. The van der Waals surface area contributed by atoms with E-state index in [1.807, 2.05) is 24.3 Å². The molecule has 4 rings (SSSR count). The van der Waals surface area contributed by atoms with E-state index >= 15 is 0 Å². The molecule has 0 atom stereocenters. The van der Waals surface area contributed by atoms with Crippen molar-refractivity contribution in [1.82, 2.24) is 4.98 Å². The number of H-pyrrole nitrogens is 1. The Hall–Kier alpha value is -3.19. The Morgan fingerprint density at radius 1 is 0.846 bits per heavy atom. The molecule has 0 saturated carbocycles. The van der Waals surface area contributed by atoms with Crippen LogP contribution in [0.1, 0.15) is 27.8 Å². The van der Waals surface area contributed by atoms with Crippen LogP contribution < -0.4 is 0 Å². The van der Waals surface area contributed by atoms with Gasteiger partial charge in [0.25, 0.3) is 0 Å². The molecular weight excluding hydrogens is 360 g/mol. The van der Waals surface area contributed by atoms with Gasteiger partial charge < -0.3 is 4.98 Å². The van der Waals surface area contributed by atoms with Gasteiger partial charge in [0.1, 0.15) is 4.99 Å². The van der Waals surface area contributed by atoms with Gasteiger partial charge in [0.15, 0.2) is 0 Å². The lowest BCUT2D eigenvalue weighted by Gasteiger charge is -2.02. The first-order valence-electron chi connectivity index (χ1n) is 7.71. The average molecular weight is 370 g/mol. The molecule has 6 heteroatoms. The first-order chi connectivity index (χ1) is 12.6. The van der Waals surface area contributed by atoms with E-state index in [1.165, 1.54) is 0 Å². The Labute approximate surface area is 160 Å². The van der Waals surface area contributed by atoms with Gasteiger partial charge in [-0.25, -0.2) is 4.99 Å². The first kappa shape index (κ1) is 16.3. The van der Waals surface area contributed by atoms with Crippen LogP contribution in [0.3, 0.4) is 0 Å². The predicted octanol–water partition coefficient (Wildman–Crippen LogP) is 4.24. The minimum atomic E-state index is 0.496. The molecule has 0 fully saturated rings. The molecule has 2 aromatic carbocycles. The number of thiocarbonyl (C=S) groups is 1. The molecule has 0 spiro atoms. The van der Waals surface area contributed by atoms with E-state index in [2.05, 4.69) is 34.7 Å². The van der Waals surface area contributed by atoms with E-state index in [-0.39, 0.29) is 0 Å². The molecule has 0 amide bonds. The smallest absolute Gasteiger partial charge is 0.137 e. The van der Waals surface area contributed by atoms with Crippen LogP contribution in [-0.4, -0.2) is 15.7 Å². The molecule has 26 heavy (non-hydrogen) atoms. The minimum Gasteiger partial charge on any atom is -0.349 e. The molecular formula is C20H10N4S2. The summed E-state index contributed by atoms with van der Waals surface area (Å²) in [6.07, 6.45) is 0. The Kier molecular flexibility index (Phi) is 3.93. The lowest BCUT2D eigenvalue weighted by molar-refractivity contribution is 1.20. The SMILES string of the molecule is N#Cc1ccc(C2=NC(=S)c3c(-c4ccc(C#N)cc4)[nH]c(S)c32)cc1. The van der Waals surface area contributed by atoms with Gasteiger partial charge in [0, 0.05) is 16.7 Å². The van der Waals surface area contributed by atoms with Crippen molar-refractivity contribution >= 4 is 35.5 Å². The number of nitriles is 2. The third-order valence-corrected chi connectivity index (χ3v) is 4.87. The zero-order valence-electron chi connectivity index (χ0n) is 13.3. The van der Waals surface area contributed by atoms with Crippen molar-refractivity contribution in [2.75, 3.05) is 0 Å². The van der Waals surface area contributed by atoms with E-state index in [0.29, 0.717) is 21.1 Å². The summed E-state index contributed by atoms with van der Waals surface area (Å²) in [4.78, 5) is 8.34. The summed E-state index contributed by atoms with van der Waals surface area (Å²) in [6, 6.07) is 18.7. The number of rotatable bonds is 2. The van der Waals surface area contributed by atoms with Gasteiger partial charge in [0.2, 0.25) is 0 Å². The lowest BCUT2D eigenvalue weighted by atomic mass is 10.00. The fraction of sp³-hybridized carbons (Fsp3) is 0. The van der Waals surface area contributed by atoms with E-state index < -0.39 is 0 Å². The molecule has 4 nitrogen and oxygen atoms in total. The van der Waals surface area contributed by atoms with Crippen molar-refractivity contribution < 1.29 is 0 Å². The first-order valence-corrected chi connectivity index (χ1v) is 8.57. The van der Waals surface area contributed by atoms with Gasteiger partial charge >= 0.3 is 0 Å². The number of aliphatic imine (C=N–C) groups is 1. The number of thiol groups is 1. The van der Waals surface area contributed by atoms with Crippen molar-refractivity contribution in [1.29, 1.82) is 10.5 Å². The molecule has 2 heterocycles. The zero-order chi connectivity index (χ0) is 18.3. The quantitative estimate of drug-likeness (QED) is 0.523. The monoisotopic (exact) mass is 370 g/mol. The van der Waals surface area contributed by atoms with E-state index in [1.54, 1.807) is 24.3 Å². The zero-order valence-corrected chi connectivity index (χ0v) is 15.0. The summed E-state index contributed by atoms with van der Waals surface area (Å²) < 4.78 is 0. The van der Waals surface area contributed by atoms with E-state index in [0.717, 1.165) is 33.7 Å². The predicted molar refractivity (Wildman–Crippen MR) is 107 cm³/mol. The second-order valence-corrected chi connectivity index (χ2v) is 6.58. The molecule has 1 N–H and O–H groups in total. The van der Waals surface area contributed by atoms with E-state index in [4.69, 9.17) is 22.7 Å². The molecule has 3 aromatic rings. The summed E-state index contributed by atoms with van der Waals surface area (Å²) in [5, 5.41) is 18.6. The number of fused-ring (bicyclic) bond motifs is 1. The summed E-state index contributed by atoms with van der Waals surface area (Å²) in [5.41, 5.74) is 6.28. The number of nitrogens with one attached hydrogen (secondary N) is 1. The highest BCUT2D eigenvalue weighted by molar-refractivity contribution is 7.81. The second-order valence-electron chi connectivity index (χ2n) is 5.74. The number of aromatic amines is 1. The van der Waals surface area contributed by atoms with Crippen molar-refractivity contribution in [2.45, 2.75) is 5.03 Å². The van der Waals surface area contributed by atoms with Crippen molar-refractivity contribution in [3.8, 4) is 23.4 Å². The fourth-order valence-electron chi connectivity index (χ4n) is 2.98. The maximum atomic E-state index is 8.97. The maximum Gasteiger partial charge on any atom is 0.137 e. The number of benzene rings is 2. The van der Waals surface area contributed by atoms with Crippen molar-refractivity contribution in [2.24, 2.45) is 4.99 Å². The van der Waals surface area contributed by atoms with E-state index in [9.17, 15) is 0 Å². The van der Waals surface area contributed by atoms with Crippen LogP contribution in [0.4, 0.5) is 0 Å². The number of hydrogen-bond donors (Lipinski definition) is 2. The highest BCUT2D eigenvalue weighted by atomic mass is 32.1. The van der Waals surface area contributed by atoms with Crippen LogP contribution in [0.15, 0.2) is 58.5 Å².